The molecular formula is C27H21ClF4N4O4. The van der Waals surface area contributed by atoms with Crippen LogP contribution in [0.2, 0.25) is 5.02 Å². The lowest BCUT2D eigenvalue weighted by Gasteiger charge is -2.31. The normalized spacial score (nSPS) is 18.2. The van der Waals surface area contributed by atoms with Gasteiger partial charge in [-0.25, -0.2) is 9.37 Å². The van der Waals surface area contributed by atoms with Crippen LogP contribution in [-0.2, 0) is 15.8 Å². The van der Waals surface area contributed by atoms with E-state index in [0.717, 1.165) is 18.2 Å². The molecule has 2 atom stereocenters. The fraction of sp³-hybridized carbons (Fsp3) is 0.222. The molecule has 0 aliphatic carbocycles. The molecule has 8 nitrogen and oxygen atoms in total. The summed E-state index contributed by atoms with van der Waals surface area (Å²) in [5, 5.41) is 13.9. The highest BCUT2D eigenvalue weighted by atomic mass is 35.5. The van der Waals surface area contributed by atoms with Crippen molar-refractivity contribution in [1.82, 2.24) is 15.3 Å². The van der Waals surface area contributed by atoms with Crippen LogP contribution in [0.5, 0.6) is 5.75 Å². The Balaban J connectivity index is 1.60. The maximum absolute atomic E-state index is 14.5. The quantitative estimate of drug-likeness (QED) is 0.254. The van der Waals surface area contributed by atoms with Gasteiger partial charge >= 0.3 is 6.18 Å². The molecule has 0 bridgehead atoms. The van der Waals surface area contributed by atoms with Crippen LogP contribution < -0.4 is 15.8 Å². The fourth-order valence-corrected chi connectivity index (χ4v) is 4.78. The van der Waals surface area contributed by atoms with Gasteiger partial charge in [0, 0.05) is 22.7 Å². The Kier molecular flexibility index (Phi) is 6.50. The van der Waals surface area contributed by atoms with Crippen LogP contribution in [0, 0.1) is 5.82 Å². The summed E-state index contributed by atoms with van der Waals surface area (Å²) in [6, 6.07) is 10.3. The van der Waals surface area contributed by atoms with Crippen LogP contribution in [-0.4, -0.2) is 46.2 Å². The van der Waals surface area contributed by atoms with E-state index in [4.69, 9.17) is 22.1 Å². The third-order valence-electron chi connectivity index (χ3n) is 7.04. The summed E-state index contributed by atoms with van der Waals surface area (Å²) in [7, 11) is 0. The predicted octanol–water partition coefficient (Wildman–Crippen LogP) is 4.34. The van der Waals surface area contributed by atoms with Crippen molar-refractivity contribution in [2.24, 2.45) is 5.73 Å². The van der Waals surface area contributed by atoms with E-state index in [1.165, 1.54) is 25.3 Å². The third kappa shape index (κ3) is 4.33. The number of aliphatic hydroxyl groups is 1. The van der Waals surface area contributed by atoms with Gasteiger partial charge in [-0.2, -0.15) is 13.2 Å². The zero-order valence-corrected chi connectivity index (χ0v) is 21.5. The van der Waals surface area contributed by atoms with Crippen molar-refractivity contribution in [3.8, 4) is 17.0 Å². The lowest BCUT2D eigenvalue weighted by molar-refractivity contribution is -0.265. The number of aromatic amines is 1. The number of halogens is 5. The van der Waals surface area contributed by atoms with Gasteiger partial charge in [0.25, 0.3) is 5.91 Å². The summed E-state index contributed by atoms with van der Waals surface area (Å²) >= 11 is 6.11. The van der Waals surface area contributed by atoms with Crippen molar-refractivity contribution < 1.29 is 37.0 Å². The Labute approximate surface area is 229 Å². The number of hydrogen-bond acceptors (Lipinski definition) is 5. The molecule has 0 saturated carbocycles. The molecule has 4 aromatic rings. The van der Waals surface area contributed by atoms with Gasteiger partial charge in [-0.3, -0.25) is 9.59 Å². The van der Waals surface area contributed by atoms with Crippen LogP contribution in [0.4, 0.5) is 17.6 Å². The van der Waals surface area contributed by atoms with Crippen LogP contribution in [0.1, 0.15) is 28.5 Å². The first-order valence-corrected chi connectivity index (χ1v) is 12.2. The number of carbonyl (C=O) groups is 2. The van der Waals surface area contributed by atoms with Crippen LogP contribution >= 0.6 is 11.6 Å². The summed E-state index contributed by atoms with van der Waals surface area (Å²) < 4.78 is 62.9. The highest BCUT2D eigenvalue weighted by molar-refractivity contribution is 6.35. The van der Waals surface area contributed by atoms with Crippen molar-refractivity contribution in [2.75, 3.05) is 13.2 Å². The first-order valence-electron chi connectivity index (χ1n) is 11.8. The number of aromatic nitrogens is 2. The fourth-order valence-electron chi connectivity index (χ4n) is 4.55. The largest absolute Gasteiger partial charge is 0.489 e. The van der Waals surface area contributed by atoms with E-state index in [0.29, 0.717) is 15.9 Å². The Bertz CT molecular complexity index is 1660. The summed E-state index contributed by atoms with van der Waals surface area (Å²) in [6.45, 7) is -0.234. The number of hydrogen-bond donors (Lipinski definition) is 4. The second-order valence-corrected chi connectivity index (χ2v) is 10.0. The molecule has 40 heavy (non-hydrogen) atoms. The number of nitrogens with two attached hydrogens (primary N) is 1. The molecular weight excluding hydrogens is 556 g/mol. The first kappa shape index (κ1) is 27.4. The van der Waals surface area contributed by atoms with E-state index in [-0.39, 0.29) is 34.7 Å². The van der Waals surface area contributed by atoms with Gasteiger partial charge in [0.2, 0.25) is 11.5 Å². The smallest absolute Gasteiger partial charge is 0.424 e. The number of para-hydroxylation sites is 1. The average Bonchev–Trinajstić information content (AvgIpc) is 3.50. The molecule has 13 heteroatoms. The van der Waals surface area contributed by atoms with Crippen molar-refractivity contribution >= 4 is 34.3 Å². The molecule has 208 valence electrons. The molecule has 0 saturated heterocycles. The van der Waals surface area contributed by atoms with Crippen LogP contribution in [0.3, 0.4) is 0 Å². The molecule has 2 amide bonds. The lowest BCUT2D eigenvalue weighted by Crippen LogP contribution is -2.51. The Morgan fingerprint density at radius 3 is 2.58 bits per heavy atom. The zero-order chi connectivity index (χ0) is 29.0. The summed E-state index contributed by atoms with van der Waals surface area (Å²) in [4.78, 5) is 32.1. The molecule has 1 aliphatic rings. The molecule has 0 fully saturated rings. The first-order chi connectivity index (χ1) is 18.8. The average molecular weight is 577 g/mol. The van der Waals surface area contributed by atoms with Gasteiger partial charge in [0.1, 0.15) is 29.3 Å². The van der Waals surface area contributed by atoms with Gasteiger partial charge in [-0.05, 0) is 43.3 Å². The molecule has 2 aromatic carbocycles. The number of carbonyl (C=O) groups excluding carboxylic acids is 2. The standard InChI is InChI=1S/C27H21ClF4N4O4/c1-25(24(33)38)12-40-22-17(25)9-19(36-20(22)13-5-7-14(29)8-6-13)26(39,27(30,31)32)11-35-23(37)16-10-34-21-15(16)3-2-4-18(21)28/h2-10,34,39H,11-12H2,1H3,(H2,33,38)(H,35,37)/t25-,26-/m0/s1. The van der Waals surface area contributed by atoms with E-state index in [1.807, 2.05) is 0 Å². The number of nitrogens with one attached hydrogen (secondary N) is 2. The third-order valence-corrected chi connectivity index (χ3v) is 7.36. The molecule has 3 heterocycles. The minimum Gasteiger partial charge on any atom is -0.489 e. The number of H-pyrrole nitrogens is 1. The number of alkyl halides is 3. The highest BCUT2D eigenvalue weighted by Gasteiger charge is 2.57. The minimum absolute atomic E-state index is 0.00522. The predicted molar refractivity (Wildman–Crippen MR) is 137 cm³/mol. The monoisotopic (exact) mass is 576 g/mol. The van der Waals surface area contributed by atoms with E-state index in [2.05, 4.69) is 15.3 Å². The maximum Gasteiger partial charge on any atom is 0.424 e. The summed E-state index contributed by atoms with van der Waals surface area (Å²) in [5.41, 5.74) is -0.242. The zero-order valence-electron chi connectivity index (χ0n) is 20.7. The van der Waals surface area contributed by atoms with Crippen molar-refractivity contribution in [1.29, 1.82) is 0 Å². The molecule has 1 aliphatic heterocycles. The number of amides is 2. The van der Waals surface area contributed by atoms with Crippen molar-refractivity contribution in [3.63, 3.8) is 0 Å². The Morgan fingerprint density at radius 2 is 1.93 bits per heavy atom. The minimum atomic E-state index is -5.34. The van der Waals surface area contributed by atoms with Crippen molar-refractivity contribution in [2.45, 2.75) is 24.1 Å². The SMILES string of the molecule is C[C@]1(C(N)=O)COc2c1cc([C@@](O)(CNC(=O)c1c[nH]c3c(Cl)cccc13)C(F)(F)F)nc2-c1ccc(F)cc1. The van der Waals surface area contributed by atoms with Gasteiger partial charge in [-0.15, -0.1) is 0 Å². The number of pyridine rings is 1. The molecule has 5 rings (SSSR count). The van der Waals surface area contributed by atoms with Gasteiger partial charge in [0.15, 0.2) is 0 Å². The van der Waals surface area contributed by atoms with Gasteiger partial charge < -0.3 is 25.9 Å². The number of rotatable bonds is 6. The van der Waals surface area contributed by atoms with E-state index >= 15 is 0 Å². The number of nitrogens with zero attached hydrogens (tertiary/aromatic N) is 1. The highest BCUT2D eigenvalue weighted by Crippen LogP contribution is 2.47. The van der Waals surface area contributed by atoms with E-state index in [9.17, 15) is 32.3 Å². The second kappa shape index (κ2) is 9.49. The molecule has 0 spiro atoms. The number of ether oxygens (including phenoxy) is 1. The van der Waals surface area contributed by atoms with Gasteiger partial charge in [-0.1, -0.05) is 23.7 Å². The van der Waals surface area contributed by atoms with Gasteiger partial charge in [0.05, 0.1) is 28.3 Å². The van der Waals surface area contributed by atoms with Crippen LogP contribution in [0.25, 0.3) is 22.2 Å². The molecule has 2 aromatic heterocycles. The maximum atomic E-state index is 14.5. The second-order valence-electron chi connectivity index (χ2n) is 9.63. The number of fused-ring (bicyclic) bond motifs is 2. The lowest BCUT2D eigenvalue weighted by atomic mass is 9.81. The summed E-state index contributed by atoms with van der Waals surface area (Å²) in [6.07, 6.45) is -4.05. The molecule has 5 N–H and O–H groups in total. The van der Waals surface area contributed by atoms with Crippen molar-refractivity contribution in [3.05, 3.63) is 82.4 Å². The summed E-state index contributed by atoms with van der Waals surface area (Å²) in [5.74, 6) is -2.43. The Hall–Kier alpha value is -4.16. The van der Waals surface area contributed by atoms with Crippen LogP contribution in [0.15, 0.2) is 54.7 Å². The Morgan fingerprint density at radius 1 is 1.23 bits per heavy atom. The molecule has 0 unspecified atom stereocenters. The topological polar surface area (TPSA) is 130 Å². The number of primary amides is 1. The van der Waals surface area contributed by atoms with E-state index in [1.54, 1.807) is 18.2 Å². The van der Waals surface area contributed by atoms with E-state index < -0.39 is 47.1 Å². The molecule has 0 radical (unpaired) electrons. The number of benzene rings is 2.